The van der Waals surface area contributed by atoms with Crippen molar-refractivity contribution in [2.45, 2.75) is 46.4 Å². The molecule has 0 aromatic carbocycles. The van der Waals surface area contributed by atoms with Crippen LogP contribution >= 0.6 is 0 Å². The fourth-order valence-electron chi connectivity index (χ4n) is 2.17. The summed E-state index contributed by atoms with van der Waals surface area (Å²) in [5.74, 6) is 2.51. The van der Waals surface area contributed by atoms with Crippen molar-refractivity contribution in [3.05, 3.63) is 23.2 Å². The maximum Gasteiger partial charge on any atom is 0.118 e. The van der Waals surface area contributed by atoms with Crippen molar-refractivity contribution in [1.29, 1.82) is 0 Å². The molecule has 0 aliphatic carbocycles. The van der Waals surface area contributed by atoms with Gasteiger partial charge in [0.15, 0.2) is 0 Å². The Morgan fingerprint density at radius 1 is 1.47 bits per heavy atom. The minimum atomic E-state index is 0.465. The third kappa shape index (κ3) is 4.64. The fourth-order valence-corrected chi connectivity index (χ4v) is 2.17. The average Bonchev–Trinajstić information content (AvgIpc) is 2.98. The molecule has 2 rings (SSSR count). The van der Waals surface area contributed by atoms with E-state index in [1.807, 2.05) is 6.92 Å². The first kappa shape index (κ1) is 14.6. The van der Waals surface area contributed by atoms with Gasteiger partial charge in [-0.25, -0.2) is 0 Å². The zero-order chi connectivity index (χ0) is 13.7. The van der Waals surface area contributed by atoms with E-state index in [-0.39, 0.29) is 0 Å². The van der Waals surface area contributed by atoms with Gasteiger partial charge in [-0.15, -0.1) is 0 Å². The van der Waals surface area contributed by atoms with Crippen molar-refractivity contribution < 1.29 is 13.9 Å². The van der Waals surface area contributed by atoms with Crippen molar-refractivity contribution in [2.24, 2.45) is 5.92 Å². The van der Waals surface area contributed by atoms with E-state index in [9.17, 15) is 0 Å². The largest absolute Gasteiger partial charge is 0.465 e. The Balaban J connectivity index is 1.76. The summed E-state index contributed by atoms with van der Waals surface area (Å²) in [6.45, 7) is 10.2. The van der Waals surface area contributed by atoms with Crippen LogP contribution in [-0.4, -0.2) is 25.9 Å². The van der Waals surface area contributed by atoms with Crippen molar-refractivity contribution in [3.8, 4) is 0 Å². The van der Waals surface area contributed by atoms with Gasteiger partial charge in [0.1, 0.15) is 11.5 Å². The van der Waals surface area contributed by atoms with E-state index < -0.39 is 0 Å². The molecule has 1 aromatic heterocycles. The molecule has 1 saturated heterocycles. The molecule has 19 heavy (non-hydrogen) atoms. The van der Waals surface area contributed by atoms with Crippen molar-refractivity contribution in [3.63, 3.8) is 0 Å². The van der Waals surface area contributed by atoms with Gasteiger partial charge in [0.25, 0.3) is 0 Å². The second-order valence-electron chi connectivity index (χ2n) is 5.57. The summed E-state index contributed by atoms with van der Waals surface area (Å²) in [4.78, 5) is 0. The first-order valence-corrected chi connectivity index (χ1v) is 7.12. The molecular weight excluding hydrogens is 242 g/mol. The molecule has 108 valence electrons. The lowest BCUT2D eigenvalue weighted by molar-refractivity contribution is 0.0785. The Bertz CT molecular complexity index is 381. The standard InChI is InChI=1S/C15H25NO3/c1-11(2)16-7-15-6-14(12(3)19-15)10-18-9-13-4-5-17-8-13/h6,11,13,16H,4-5,7-10H2,1-3H3. The predicted molar refractivity (Wildman–Crippen MR) is 74.0 cm³/mol. The molecule has 0 radical (unpaired) electrons. The van der Waals surface area contributed by atoms with Crippen LogP contribution in [0, 0.1) is 12.8 Å². The van der Waals surface area contributed by atoms with Crippen LogP contribution in [0.25, 0.3) is 0 Å². The number of furan rings is 1. The van der Waals surface area contributed by atoms with E-state index in [4.69, 9.17) is 13.9 Å². The van der Waals surface area contributed by atoms with E-state index in [2.05, 4.69) is 25.2 Å². The Kier molecular flexibility index (Phi) is 5.43. The minimum absolute atomic E-state index is 0.465. The van der Waals surface area contributed by atoms with E-state index in [0.717, 1.165) is 49.9 Å². The summed E-state index contributed by atoms with van der Waals surface area (Å²) in [7, 11) is 0. The highest BCUT2D eigenvalue weighted by Crippen LogP contribution is 2.18. The monoisotopic (exact) mass is 267 g/mol. The summed E-state index contributed by atoms with van der Waals surface area (Å²) in [6.07, 6.45) is 1.12. The Hall–Kier alpha value is -0.840. The van der Waals surface area contributed by atoms with E-state index >= 15 is 0 Å². The second kappa shape index (κ2) is 7.08. The van der Waals surface area contributed by atoms with E-state index in [1.165, 1.54) is 0 Å². The number of rotatable bonds is 7. The molecule has 4 heteroatoms. The maximum atomic E-state index is 5.76. The smallest absolute Gasteiger partial charge is 0.118 e. The van der Waals surface area contributed by atoms with Gasteiger partial charge >= 0.3 is 0 Å². The second-order valence-corrected chi connectivity index (χ2v) is 5.57. The highest BCUT2D eigenvalue weighted by Gasteiger charge is 2.16. The molecule has 1 fully saturated rings. The Morgan fingerprint density at radius 3 is 3.00 bits per heavy atom. The van der Waals surface area contributed by atoms with Crippen molar-refractivity contribution in [2.75, 3.05) is 19.8 Å². The predicted octanol–water partition coefficient (Wildman–Crippen LogP) is 2.64. The van der Waals surface area contributed by atoms with Crippen LogP contribution in [0.2, 0.25) is 0 Å². The first-order chi connectivity index (χ1) is 9.15. The average molecular weight is 267 g/mol. The molecule has 0 bridgehead atoms. The summed E-state index contributed by atoms with van der Waals surface area (Å²) in [5, 5.41) is 3.35. The summed E-state index contributed by atoms with van der Waals surface area (Å²) >= 11 is 0. The quantitative estimate of drug-likeness (QED) is 0.825. The molecule has 1 N–H and O–H groups in total. The fraction of sp³-hybridized carbons (Fsp3) is 0.733. The van der Waals surface area contributed by atoms with Crippen molar-refractivity contribution in [1.82, 2.24) is 5.32 Å². The number of ether oxygens (including phenoxy) is 2. The number of aryl methyl sites for hydroxylation is 1. The maximum absolute atomic E-state index is 5.76. The lowest BCUT2D eigenvalue weighted by atomic mass is 10.1. The lowest BCUT2D eigenvalue weighted by Crippen LogP contribution is -2.21. The van der Waals surface area contributed by atoms with Crippen LogP contribution in [0.1, 0.15) is 37.4 Å². The molecule has 1 aliphatic heterocycles. The van der Waals surface area contributed by atoms with Gasteiger partial charge in [-0.2, -0.15) is 0 Å². The van der Waals surface area contributed by atoms with Crippen LogP contribution in [0.3, 0.4) is 0 Å². The van der Waals surface area contributed by atoms with Crippen molar-refractivity contribution >= 4 is 0 Å². The molecule has 4 nitrogen and oxygen atoms in total. The van der Waals surface area contributed by atoms with Gasteiger partial charge < -0.3 is 19.2 Å². The van der Waals surface area contributed by atoms with Crippen LogP contribution < -0.4 is 5.32 Å². The Morgan fingerprint density at radius 2 is 2.32 bits per heavy atom. The van der Waals surface area contributed by atoms with Crippen LogP contribution in [0.4, 0.5) is 0 Å². The molecule has 0 amide bonds. The van der Waals surface area contributed by atoms with E-state index in [1.54, 1.807) is 0 Å². The SMILES string of the molecule is Cc1oc(CNC(C)C)cc1COCC1CCOC1. The topological polar surface area (TPSA) is 43.6 Å². The van der Waals surface area contributed by atoms with Gasteiger partial charge in [0, 0.05) is 24.1 Å². The molecule has 0 spiro atoms. The lowest BCUT2D eigenvalue weighted by Gasteiger charge is -2.07. The van der Waals surface area contributed by atoms with E-state index in [0.29, 0.717) is 18.6 Å². The molecule has 1 aliphatic rings. The Labute approximate surface area is 115 Å². The number of hydrogen-bond acceptors (Lipinski definition) is 4. The molecule has 1 unspecified atom stereocenters. The van der Waals surface area contributed by atoms with Gasteiger partial charge in [-0.1, -0.05) is 13.8 Å². The molecule has 1 atom stereocenters. The molecule has 0 saturated carbocycles. The van der Waals surface area contributed by atoms with Gasteiger partial charge in [0.2, 0.25) is 0 Å². The summed E-state index contributed by atoms with van der Waals surface area (Å²) in [6, 6.07) is 2.56. The van der Waals surface area contributed by atoms with Crippen LogP contribution in [0.5, 0.6) is 0 Å². The molecular formula is C15H25NO3. The van der Waals surface area contributed by atoms with Gasteiger partial charge in [-0.3, -0.25) is 0 Å². The first-order valence-electron chi connectivity index (χ1n) is 7.12. The highest BCUT2D eigenvalue weighted by molar-refractivity contribution is 5.19. The summed E-state index contributed by atoms with van der Waals surface area (Å²) < 4.78 is 16.8. The number of nitrogens with one attached hydrogen (secondary N) is 1. The van der Waals surface area contributed by atoms with Crippen LogP contribution in [-0.2, 0) is 22.6 Å². The number of hydrogen-bond donors (Lipinski definition) is 1. The van der Waals surface area contributed by atoms with Gasteiger partial charge in [-0.05, 0) is 19.4 Å². The third-order valence-corrected chi connectivity index (χ3v) is 3.39. The molecule has 2 heterocycles. The molecule has 1 aromatic rings. The zero-order valence-corrected chi connectivity index (χ0v) is 12.2. The zero-order valence-electron chi connectivity index (χ0n) is 12.2. The van der Waals surface area contributed by atoms with Crippen LogP contribution in [0.15, 0.2) is 10.5 Å². The third-order valence-electron chi connectivity index (χ3n) is 3.39. The summed E-state index contributed by atoms with van der Waals surface area (Å²) in [5.41, 5.74) is 1.15. The minimum Gasteiger partial charge on any atom is -0.465 e. The normalized spacial score (nSPS) is 19.5. The highest BCUT2D eigenvalue weighted by atomic mass is 16.5. The van der Waals surface area contributed by atoms with Gasteiger partial charge in [0.05, 0.1) is 26.4 Å².